The summed E-state index contributed by atoms with van der Waals surface area (Å²) in [7, 11) is 0. The Kier molecular flexibility index (Phi) is 8.93. The Labute approximate surface area is 342 Å². The van der Waals surface area contributed by atoms with Crippen LogP contribution in [0.5, 0.6) is 0 Å². The smallest absolute Gasteiger partial charge is 0.252 e. The molecule has 0 atom stereocenters. The van der Waals surface area contributed by atoms with Gasteiger partial charge in [0.15, 0.2) is 0 Å². The van der Waals surface area contributed by atoms with E-state index in [1.165, 1.54) is 55.6 Å². The molecule has 3 nitrogen and oxygen atoms in total. The van der Waals surface area contributed by atoms with E-state index in [0.29, 0.717) is 5.69 Å². The summed E-state index contributed by atoms with van der Waals surface area (Å²) in [5.41, 5.74) is 18.4. The predicted octanol–water partition coefficient (Wildman–Crippen LogP) is 12.8. The maximum atomic E-state index is 8.64. The third-order valence-electron chi connectivity index (χ3n) is 12.5. The summed E-state index contributed by atoms with van der Waals surface area (Å²) in [4.78, 5) is 9.17. The minimum absolute atomic E-state index is 0.000717. The van der Waals surface area contributed by atoms with Crippen LogP contribution < -0.4 is 26.2 Å². The Hall–Kier alpha value is -5.53. The van der Waals surface area contributed by atoms with Crippen molar-refractivity contribution in [3.05, 3.63) is 166 Å². The summed E-state index contributed by atoms with van der Waals surface area (Å²) >= 11 is 0. The minimum atomic E-state index is -0.272. The molecule has 0 radical (unpaired) electrons. The van der Waals surface area contributed by atoms with Gasteiger partial charge >= 0.3 is 0 Å². The van der Waals surface area contributed by atoms with E-state index < -0.39 is 0 Å². The SMILES string of the molecule is [C-]#[N+]c1cc(C(C)(C)c2ccccc2)ccc1N1c2ccc(C(C)(C)C)cc2B2c3cc(C(C)(C)C)ccc3N(c3ccc(C(C)(C)C)cc3)c3cc(C)cc1c32. The number of fused-ring (bicyclic) bond motifs is 4. The summed E-state index contributed by atoms with van der Waals surface area (Å²) in [5.74, 6) is 0. The monoisotopic (exact) mass is 745 g/mol. The average Bonchev–Trinajstić information content (AvgIpc) is 3.16. The Bertz CT molecular complexity index is 2570. The summed E-state index contributed by atoms with van der Waals surface area (Å²) in [6.45, 7) is 36.0. The molecule has 57 heavy (non-hydrogen) atoms. The molecule has 0 N–H and O–H groups in total. The lowest BCUT2D eigenvalue weighted by Gasteiger charge is -2.45. The molecule has 2 aliphatic rings. The fourth-order valence-corrected chi connectivity index (χ4v) is 8.94. The van der Waals surface area contributed by atoms with Gasteiger partial charge in [0.2, 0.25) is 5.69 Å². The van der Waals surface area contributed by atoms with Crippen LogP contribution in [0, 0.1) is 13.5 Å². The maximum Gasteiger partial charge on any atom is 0.252 e. The zero-order valence-electron chi connectivity index (χ0n) is 36.0. The van der Waals surface area contributed by atoms with Crippen LogP contribution in [0.4, 0.5) is 39.8 Å². The second-order valence-electron chi connectivity index (χ2n) is 20.0. The molecule has 0 aromatic heterocycles. The first-order valence-electron chi connectivity index (χ1n) is 20.5. The zero-order valence-corrected chi connectivity index (χ0v) is 36.0. The number of anilines is 6. The van der Waals surface area contributed by atoms with E-state index in [9.17, 15) is 0 Å². The highest BCUT2D eigenvalue weighted by molar-refractivity contribution is 7.00. The van der Waals surface area contributed by atoms with Crippen LogP contribution in [0.3, 0.4) is 0 Å². The molecule has 2 aliphatic heterocycles. The highest BCUT2D eigenvalue weighted by Gasteiger charge is 2.44. The molecule has 6 aromatic carbocycles. The molecular formula is C53H56BN3. The minimum Gasteiger partial charge on any atom is -0.321 e. The van der Waals surface area contributed by atoms with Crippen molar-refractivity contribution in [2.45, 2.75) is 105 Å². The average molecular weight is 746 g/mol. The van der Waals surface area contributed by atoms with Crippen molar-refractivity contribution in [1.29, 1.82) is 0 Å². The van der Waals surface area contributed by atoms with Gasteiger partial charge in [0.25, 0.3) is 6.71 Å². The van der Waals surface area contributed by atoms with Crippen LogP contribution in [0.1, 0.15) is 110 Å². The lowest BCUT2D eigenvalue weighted by Crippen LogP contribution is -2.61. The van der Waals surface area contributed by atoms with Crippen LogP contribution >= 0.6 is 0 Å². The van der Waals surface area contributed by atoms with Crippen molar-refractivity contribution in [2.24, 2.45) is 0 Å². The Morgan fingerprint density at radius 1 is 0.456 bits per heavy atom. The molecule has 0 fully saturated rings. The lowest BCUT2D eigenvalue weighted by molar-refractivity contribution is 0.590. The van der Waals surface area contributed by atoms with Crippen molar-refractivity contribution < 1.29 is 0 Å². The van der Waals surface area contributed by atoms with E-state index in [2.05, 4.69) is 219 Å². The van der Waals surface area contributed by atoms with Crippen molar-refractivity contribution in [1.82, 2.24) is 0 Å². The summed E-state index contributed by atoms with van der Waals surface area (Å²) < 4.78 is 0. The second-order valence-corrected chi connectivity index (χ2v) is 20.0. The third kappa shape index (κ3) is 6.46. The van der Waals surface area contributed by atoms with Gasteiger partial charge in [-0.2, -0.15) is 0 Å². The molecule has 0 saturated heterocycles. The van der Waals surface area contributed by atoms with Gasteiger partial charge in [-0.15, -0.1) is 0 Å². The predicted molar refractivity (Wildman–Crippen MR) is 246 cm³/mol. The number of aryl methyl sites for hydroxylation is 1. The Morgan fingerprint density at radius 2 is 0.930 bits per heavy atom. The molecule has 0 bridgehead atoms. The van der Waals surface area contributed by atoms with Gasteiger partial charge in [-0.05, 0) is 115 Å². The molecule has 0 unspecified atom stereocenters. The van der Waals surface area contributed by atoms with E-state index in [4.69, 9.17) is 6.57 Å². The first-order chi connectivity index (χ1) is 26.8. The highest BCUT2D eigenvalue weighted by Crippen LogP contribution is 2.48. The fraction of sp³-hybridized carbons (Fsp3) is 0.302. The molecule has 0 spiro atoms. The Balaban J connectivity index is 1.44. The molecule has 2 heterocycles. The fourth-order valence-electron chi connectivity index (χ4n) is 8.94. The van der Waals surface area contributed by atoms with Crippen molar-refractivity contribution in [2.75, 3.05) is 9.80 Å². The summed E-state index contributed by atoms with van der Waals surface area (Å²) in [6.07, 6.45) is 0. The highest BCUT2D eigenvalue weighted by atomic mass is 15.2. The van der Waals surface area contributed by atoms with E-state index in [-0.39, 0.29) is 28.4 Å². The largest absolute Gasteiger partial charge is 0.321 e. The van der Waals surface area contributed by atoms with Crippen LogP contribution in [-0.2, 0) is 21.7 Å². The molecule has 6 aromatic rings. The first kappa shape index (κ1) is 38.4. The van der Waals surface area contributed by atoms with Gasteiger partial charge in [-0.3, -0.25) is 0 Å². The lowest BCUT2D eigenvalue weighted by atomic mass is 9.33. The van der Waals surface area contributed by atoms with Gasteiger partial charge < -0.3 is 9.80 Å². The quantitative estimate of drug-likeness (QED) is 0.131. The van der Waals surface area contributed by atoms with Gasteiger partial charge in [-0.25, -0.2) is 4.85 Å². The molecule has 0 amide bonds. The zero-order chi connectivity index (χ0) is 40.8. The van der Waals surface area contributed by atoms with E-state index in [0.717, 1.165) is 28.3 Å². The number of hydrogen-bond acceptors (Lipinski definition) is 2. The van der Waals surface area contributed by atoms with Crippen LogP contribution in [0.25, 0.3) is 4.85 Å². The van der Waals surface area contributed by atoms with E-state index in [1.807, 2.05) is 0 Å². The first-order valence-corrected chi connectivity index (χ1v) is 20.5. The second kappa shape index (κ2) is 13.3. The summed E-state index contributed by atoms with van der Waals surface area (Å²) in [6, 6.07) is 45.4. The standard InChI is InChI=1S/C53H56BN3/c1-34-29-47-49-48(30-34)57(46-28-23-39(33-43(46)55-13)53(11,12)36-17-15-14-16-18-36)45-27-22-38(52(8,9)10)32-42(45)54(49)41-31-37(51(5,6)7)21-26-44(41)56(47)40-24-19-35(20-25-40)50(2,3)4/h14-33H,1-12H3. The molecule has 4 heteroatoms. The van der Waals surface area contributed by atoms with Crippen molar-refractivity contribution >= 4 is 62.9 Å². The summed E-state index contributed by atoms with van der Waals surface area (Å²) in [5, 5.41) is 0. The number of hydrogen-bond donors (Lipinski definition) is 0. The van der Waals surface area contributed by atoms with E-state index >= 15 is 0 Å². The number of nitrogens with zero attached hydrogens (tertiary/aromatic N) is 3. The Morgan fingerprint density at radius 3 is 1.46 bits per heavy atom. The molecule has 8 rings (SSSR count). The van der Waals surface area contributed by atoms with Gasteiger partial charge in [0.05, 0.1) is 12.3 Å². The normalized spacial score (nSPS) is 13.8. The van der Waals surface area contributed by atoms with Gasteiger partial charge in [0.1, 0.15) is 0 Å². The van der Waals surface area contributed by atoms with Crippen LogP contribution in [0.2, 0.25) is 0 Å². The molecular weight excluding hydrogens is 689 g/mol. The van der Waals surface area contributed by atoms with Gasteiger partial charge in [0, 0.05) is 33.9 Å². The van der Waals surface area contributed by atoms with Crippen molar-refractivity contribution in [3.8, 4) is 0 Å². The number of benzene rings is 6. The maximum absolute atomic E-state index is 8.64. The van der Waals surface area contributed by atoms with Crippen LogP contribution in [-0.4, -0.2) is 6.71 Å². The van der Waals surface area contributed by atoms with E-state index in [1.54, 1.807) is 0 Å². The van der Waals surface area contributed by atoms with Gasteiger partial charge in [-0.1, -0.05) is 155 Å². The topological polar surface area (TPSA) is 10.8 Å². The van der Waals surface area contributed by atoms with Crippen molar-refractivity contribution in [3.63, 3.8) is 0 Å². The third-order valence-corrected chi connectivity index (χ3v) is 12.5. The molecule has 0 saturated carbocycles. The molecule has 286 valence electrons. The van der Waals surface area contributed by atoms with Crippen LogP contribution in [0.15, 0.2) is 121 Å². The molecule has 0 aliphatic carbocycles. The number of rotatable bonds is 4.